The Hall–Kier alpha value is -3.58. The molecule has 0 saturated carbocycles. The molecule has 0 heterocycles. The maximum absolute atomic E-state index is 12.7. The summed E-state index contributed by atoms with van der Waals surface area (Å²) in [7, 11) is 0. The van der Waals surface area contributed by atoms with Gasteiger partial charge in [0, 0.05) is 16.3 Å². The molecule has 0 atom stereocenters. The van der Waals surface area contributed by atoms with Crippen LogP contribution in [0.3, 0.4) is 0 Å². The topological polar surface area (TPSA) is 87.3 Å². The zero-order valence-corrected chi connectivity index (χ0v) is 19.5. The van der Waals surface area contributed by atoms with E-state index in [-0.39, 0.29) is 30.0 Å². The number of hydrogen-bond donors (Lipinski definition) is 3. The molecule has 33 heavy (non-hydrogen) atoms. The molecule has 3 aromatic rings. The van der Waals surface area contributed by atoms with Crippen LogP contribution in [0.2, 0.25) is 0 Å². The molecule has 0 aliphatic carbocycles. The Labute approximate surface area is 198 Å². The first-order valence-corrected chi connectivity index (χ1v) is 11.7. The molecule has 3 N–H and O–H groups in total. The summed E-state index contributed by atoms with van der Waals surface area (Å²) in [6.45, 7) is 3.85. The summed E-state index contributed by atoms with van der Waals surface area (Å²) in [4.78, 5) is 38.0. The maximum Gasteiger partial charge on any atom is 0.252 e. The summed E-state index contributed by atoms with van der Waals surface area (Å²) < 4.78 is 0. The van der Waals surface area contributed by atoms with Gasteiger partial charge in [0.15, 0.2) is 0 Å². The van der Waals surface area contributed by atoms with Crippen LogP contribution < -0.4 is 16.0 Å². The lowest BCUT2D eigenvalue weighted by Gasteiger charge is -2.12. The second kappa shape index (κ2) is 11.9. The van der Waals surface area contributed by atoms with Crippen molar-refractivity contribution < 1.29 is 14.4 Å². The van der Waals surface area contributed by atoms with Crippen molar-refractivity contribution in [3.8, 4) is 0 Å². The van der Waals surface area contributed by atoms with Crippen LogP contribution in [0, 0.1) is 6.92 Å². The summed E-state index contributed by atoms with van der Waals surface area (Å²) in [5.74, 6) is -0.664. The number of carbonyl (C=O) groups is 3. The SMILES string of the molecule is CCc1ccccc1NC(=O)CNC(=O)c1ccccc1SCC(=O)Nc1ccc(C)cc1. The first-order chi connectivity index (χ1) is 16.0. The van der Waals surface area contributed by atoms with E-state index >= 15 is 0 Å². The normalized spacial score (nSPS) is 10.4. The Morgan fingerprint density at radius 1 is 0.818 bits per heavy atom. The van der Waals surface area contributed by atoms with Crippen LogP contribution in [0.1, 0.15) is 28.4 Å². The van der Waals surface area contributed by atoms with Gasteiger partial charge in [0.05, 0.1) is 17.9 Å². The molecular weight excluding hydrogens is 434 g/mol. The summed E-state index contributed by atoms with van der Waals surface area (Å²) in [6, 6.07) is 22.2. The van der Waals surface area contributed by atoms with Gasteiger partial charge in [-0.2, -0.15) is 0 Å². The summed E-state index contributed by atoms with van der Waals surface area (Å²) >= 11 is 1.27. The lowest BCUT2D eigenvalue weighted by atomic mass is 10.1. The third kappa shape index (κ3) is 7.22. The van der Waals surface area contributed by atoms with Gasteiger partial charge in [0.2, 0.25) is 11.8 Å². The smallest absolute Gasteiger partial charge is 0.252 e. The van der Waals surface area contributed by atoms with E-state index in [1.807, 2.05) is 68.4 Å². The standard InChI is InChI=1S/C26H27N3O3S/c1-3-19-8-4-6-10-22(19)29-24(30)16-27-26(32)21-9-5-7-11-23(21)33-17-25(31)28-20-14-12-18(2)13-15-20/h4-15H,3,16-17H2,1-2H3,(H,27,32)(H,28,31)(H,29,30). The number of nitrogens with one attached hydrogen (secondary N) is 3. The Kier molecular flexibility index (Phi) is 8.66. The van der Waals surface area contributed by atoms with E-state index in [1.54, 1.807) is 18.2 Å². The fourth-order valence-electron chi connectivity index (χ4n) is 3.16. The molecule has 0 aliphatic heterocycles. The minimum atomic E-state index is -0.365. The molecule has 0 aromatic heterocycles. The van der Waals surface area contributed by atoms with E-state index in [1.165, 1.54) is 11.8 Å². The van der Waals surface area contributed by atoms with Crippen LogP contribution in [0.15, 0.2) is 77.7 Å². The molecule has 3 amide bonds. The van der Waals surface area contributed by atoms with Crippen LogP contribution in [0.25, 0.3) is 0 Å². The number of anilines is 2. The number of thioether (sulfide) groups is 1. The second-order valence-electron chi connectivity index (χ2n) is 7.44. The molecule has 0 unspecified atom stereocenters. The highest BCUT2D eigenvalue weighted by molar-refractivity contribution is 8.00. The van der Waals surface area contributed by atoms with Crippen LogP contribution in [0.4, 0.5) is 11.4 Å². The minimum Gasteiger partial charge on any atom is -0.343 e. The maximum atomic E-state index is 12.7. The molecule has 0 spiro atoms. The van der Waals surface area contributed by atoms with Gasteiger partial charge in [-0.15, -0.1) is 11.8 Å². The molecule has 0 radical (unpaired) electrons. The molecule has 7 heteroatoms. The average Bonchev–Trinajstić information content (AvgIpc) is 2.83. The van der Waals surface area contributed by atoms with Crippen LogP contribution in [-0.4, -0.2) is 30.0 Å². The van der Waals surface area contributed by atoms with Crippen LogP contribution in [0.5, 0.6) is 0 Å². The van der Waals surface area contributed by atoms with Crippen LogP contribution in [-0.2, 0) is 16.0 Å². The highest BCUT2D eigenvalue weighted by atomic mass is 32.2. The zero-order chi connectivity index (χ0) is 23.6. The number of hydrogen-bond acceptors (Lipinski definition) is 4. The largest absolute Gasteiger partial charge is 0.343 e. The molecule has 6 nitrogen and oxygen atoms in total. The third-order valence-corrected chi connectivity index (χ3v) is 5.98. The Balaban J connectivity index is 1.54. The van der Waals surface area contributed by atoms with Crippen molar-refractivity contribution in [2.45, 2.75) is 25.2 Å². The monoisotopic (exact) mass is 461 g/mol. The van der Waals surface area contributed by atoms with E-state index < -0.39 is 0 Å². The number of rotatable bonds is 9. The van der Waals surface area contributed by atoms with Gasteiger partial charge in [-0.3, -0.25) is 14.4 Å². The fraction of sp³-hybridized carbons (Fsp3) is 0.192. The van der Waals surface area contributed by atoms with Crippen molar-refractivity contribution in [1.82, 2.24) is 5.32 Å². The summed E-state index contributed by atoms with van der Waals surface area (Å²) in [6.07, 6.45) is 0.797. The molecule has 0 aliphatic rings. The number of aryl methyl sites for hydroxylation is 2. The lowest BCUT2D eigenvalue weighted by Crippen LogP contribution is -2.33. The number of para-hydroxylation sites is 1. The first-order valence-electron chi connectivity index (χ1n) is 10.7. The predicted molar refractivity (Wildman–Crippen MR) is 134 cm³/mol. The Bertz CT molecular complexity index is 1130. The van der Waals surface area contributed by atoms with Gasteiger partial charge >= 0.3 is 0 Å². The number of carbonyl (C=O) groups excluding carboxylic acids is 3. The highest BCUT2D eigenvalue weighted by Gasteiger charge is 2.14. The van der Waals surface area contributed by atoms with Crippen molar-refractivity contribution in [2.24, 2.45) is 0 Å². The van der Waals surface area contributed by atoms with E-state index in [2.05, 4.69) is 16.0 Å². The quantitative estimate of drug-likeness (QED) is 0.405. The fourth-order valence-corrected chi connectivity index (χ4v) is 4.01. The third-order valence-electron chi connectivity index (χ3n) is 4.91. The van der Waals surface area contributed by atoms with Crippen molar-refractivity contribution in [3.63, 3.8) is 0 Å². The molecule has 170 valence electrons. The van der Waals surface area contributed by atoms with Gasteiger partial charge in [-0.1, -0.05) is 55.0 Å². The minimum absolute atomic E-state index is 0.149. The average molecular weight is 462 g/mol. The number of benzene rings is 3. The van der Waals surface area contributed by atoms with E-state index in [9.17, 15) is 14.4 Å². The zero-order valence-electron chi connectivity index (χ0n) is 18.7. The van der Waals surface area contributed by atoms with Gasteiger partial charge < -0.3 is 16.0 Å². The van der Waals surface area contributed by atoms with Crippen molar-refractivity contribution >= 4 is 40.9 Å². The molecule has 3 aromatic carbocycles. The van der Waals surface area contributed by atoms with Gasteiger partial charge in [0.1, 0.15) is 0 Å². The molecule has 0 fully saturated rings. The van der Waals surface area contributed by atoms with E-state index in [4.69, 9.17) is 0 Å². The highest BCUT2D eigenvalue weighted by Crippen LogP contribution is 2.23. The van der Waals surface area contributed by atoms with Crippen molar-refractivity contribution in [2.75, 3.05) is 22.9 Å². The van der Waals surface area contributed by atoms with Gasteiger partial charge in [-0.05, 0) is 49.2 Å². The van der Waals surface area contributed by atoms with Gasteiger partial charge in [-0.25, -0.2) is 0 Å². The first kappa shape index (κ1) is 24.1. The van der Waals surface area contributed by atoms with E-state index in [0.29, 0.717) is 10.5 Å². The summed E-state index contributed by atoms with van der Waals surface area (Å²) in [5.41, 5.74) is 4.04. The predicted octanol–water partition coefficient (Wildman–Crippen LogP) is 4.66. The Morgan fingerprint density at radius 2 is 1.52 bits per heavy atom. The van der Waals surface area contributed by atoms with Gasteiger partial charge in [0.25, 0.3) is 5.91 Å². The Morgan fingerprint density at radius 3 is 2.27 bits per heavy atom. The van der Waals surface area contributed by atoms with Crippen molar-refractivity contribution in [3.05, 3.63) is 89.5 Å². The number of amides is 3. The second-order valence-corrected chi connectivity index (χ2v) is 8.46. The van der Waals surface area contributed by atoms with E-state index in [0.717, 1.165) is 28.9 Å². The van der Waals surface area contributed by atoms with Crippen LogP contribution >= 0.6 is 11.8 Å². The van der Waals surface area contributed by atoms with Crippen molar-refractivity contribution in [1.29, 1.82) is 0 Å². The summed E-state index contributed by atoms with van der Waals surface area (Å²) in [5, 5.41) is 8.35. The molecule has 0 saturated heterocycles. The molecule has 3 rings (SSSR count). The molecular formula is C26H27N3O3S. The molecule has 0 bridgehead atoms. The lowest BCUT2D eigenvalue weighted by molar-refractivity contribution is -0.115.